The number of thiazole rings is 2. The van der Waals surface area contributed by atoms with Crippen LogP contribution in [0.2, 0.25) is 0 Å². The van der Waals surface area contributed by atoms with Crippen molar-refractivity contribution in [3.8, 4) is 0 Å². The van der Waals surface area contributed by atoms with E-state index in [-0.39, 0.29) is 45.2 Å². The predicted octanol–water partition coefficient (Wildman–Crippen LogP) is 7.78. The lowest BCUT2D eigenvalue weighted by molar-refractivity contribution is 0.0975. The smallest absolute Gasteiger partial charge is 0.197 e. The first kappa shape index (κ1) is 28.5. The van der Waals surface area contributed by atoms with Gasteiger partial charge >= 0.3 is 0 Å². The van der Waals surface area contributed by atoms with Crippen molar-refractivity contribution in [1.82, 2.24) is 9.97 Å². The molecule has 0 spiro atoms. The second-order valence-electron chi connectivity index (χ2n) is 11.3. The van der Waals surface area contributed by atoms with Crippen LogP contribution < -0.4 is 0 Å². The number of hydrogen-bond acceptors (Lipinski definition) is 8. The molecular formula is C34H16F4N2O4S2. The zero-order valence-electron chi connectivity index (χ0n) is 23.6. The molecule has 46 heavy (non-hydrogen) atoms. The van der Waals surface area contributed by atoms with Gasteiger partial charge < -0.3 is 0 Å². The molecule has 0 N–H and O–H groups in total. The highest BCUT2D eigenvalue weighted by molar-refractivity contribution is 7.13. The molecule has 0 saturated heterocycles. The van der Waals surface area contributed by atoms with Gasteiger partial charge in [-0.15, -0.1) is 22.7 Å². The molecule has 2 atom stereocenters. The van der Waals surface area contributed by atoms with Crippen LogP contribution in [-0.4, -0.2) is 33.1 Å². The number of rotatable bonds is 2. The van der Waals surface area contributed by atoms with Crippen molar-refractivity contribution in [3.05, 3.63) is 124 Å². The third-order valence-corrected chi connectivity index (χ3v) is 10.8. The largest absolute Gasteiger partial charge is 0.288 e. The van der Waals surface area contributed by atoms with Crippen LogP contribution in [0.1, 0.15) is 98.3 Å². The van der Waals surface area contributed by atoms with Crippen LogP contribution in [0.5, 0.6) is 0 Å². The average Bonchev–Trinajstić information content (AvgIpc) is 3.75. The minimum atomic E-state index is -1.21. The molecule has 4 aromatic rings. The van der Waals surface area contributed by atoms with Gasteiger partial charge in [0, 0.05) is 43.8 Å². The molecular weight excluding hydrogens is 641 g/mol. The molecule has 2 heterocycles. The minimum absolute atomic E-state index is 0.169. The fourth-order valence-electron chi connectivity index (χ4n) is 6.36. The summed E-state index contributed by atoms with van der Waals surface area (Å²) in [6, 6.07) is 2.94. The molecule has 0 radical (unpaired) electrons. The van der Waals surface area contributed by atoms with Crippen molar-refractivity contribution in [2.24, 2.45) is 0 Å². The number of ketones is 4. The summed E-state index contributed by atoms with van der Waals surface area (Å²) in [5, 5.41) is 0.780. The molecule has 8 rings (SSSR count). The van der Waals surface area contributed by atoms with Crippen LogP contribution in [0.4, 0.5) is 17.6 Å². The first-order valence-electron chi connectivity index (χ1n) is 13.9. The van der Waals surface area contributed by atoms with Gasteiger partial charge in [0.15, 0.2) is 46.4 Å². The molecule has 12 heteroatoms. The lowest BCUT2D eigenvalue weighted by Gasteiger charge is -2.30. The van der Waals surface area contributed by atoms with Crippen LogP contribution in [0.25, 0.3) is 23.3 Å². The van der Waals surface area contributed by atoms with Crippen LogP contribution in [-0.2, 0) is 0 Å². The summed E-state index contributed by atoms with van der Waals surface area (Å²) < 4.78 is 55.2. The van der Waals surface area contributed by atoms with Crippen LogP contribution >= 0.6 is 22.7 Å². The highest BCUT2D eigenvalue weighted by Gasteiger charge is 2.40. The molecule has 0 fully saturated rings. The molecule has 2 aromatic heterocycles. The molecule has 0 amide bonds. The number of aromatic nitrogens is 2. The number of allylic oxidation sites excluding steroid dienone is 6. The van der Waals surface area contributed by atoms with Gasteiger partial charge in [-0.05, 0) is 61.4 Å². The Morgan fingerprint density at radius 3 is 1.17 bits per heavy atom. The van der Waals surface area contributed by atoms with Crippen molar-refractivity contribution in [2.75, 3.05) is 0 Å². The van der Waals surface area contributed by atoms with Gasteiger partial charge in [-0.3, -0.25) is 19.2 Å². The number of Topliss-reactive ketones (excluding diaryl/α,β-unsaturated/α-hetero) is 4. The summed E-state index contributed by atoms with van der Waals surface area (Å²) in [6.07, 6.45) is 6.81. The fourth-order valence-corrected chi connectivity index (χ4v) is 8.75. The minimum Gasteiger partial charge on any atom is -0.288 e. The van der Waals surface area contributed by atoms with Gasteiger partial charge in [0.1, 0.15) is 10.0 Å². The van der Waals surface area contributed by atoms with E-state index in [0.717, 1.165) is 45.2 Å². The summed E-state index contributed by atoms with van der Waals surface area (Å²) in [7, 11) is 0. The molecule has 0 saturated carbocycles. The van der Waals surface area contributed by atoms with E-state index in [2.05, 4.69) is 0 Å². The standard InChI is InChI=1S/C34H16F4N2O4S2/c1-11-3-17-18(33-27(11)39-25(45-33)9-19-29(41)13-5-21(35)22(36)6-14(13)30(19)42)4-12(2)28-34(17)46-26(40-28)10-20-31(43)15-7-23(37)24(38)8-16(15)32(20)44/h3-10,17-18H,1-2H3. The van der Waals surface area contributed by atoms with Crippen LogP contribution in [0.3, 0.4) is 0 Å². The molecule has 4 aliphatic rings. The Balaban J connectivity index is 1.14. The average molecular weight is 657 g/mol. The van der Waals surface area contributed by atoms with E-state index >= 15 is 0 Å². The molecule has 226 valence electrons. The maximum atomic E-state index is 13.8. The number of hydrogen-bond donors (Lipinski definition) is 0. The Labute approximate surface area is 265 Å². The third-order valence-electron chi connectivity index (χ3n) is 8.55. The van der Waals surface area contributed by atoms with Gasteiger partial charge in [0.05, 0.1) is 22.5 Å². The highest BCUT2D eigenvalue weighted by Crippen LogP contribution is 2.53. The molecule has 0 aliphatic heterocycles. The Morgan fingerprint density at radius 2 is 0.870 bits per heavy atom. The Hall–Kier alpha value is -4.94. The van der Waals surface area contributed by atoms with E-state index in [9.17, 15) is 36.7 Å². The van der Waals surface area contributed by atoms with Crippen LogP contribution in [0, 0.1) is 23.3 Å². The predicted molar refractivity (Wildman–Crippen MR) is 163 cm³/mol. The second-order valence-corrected chi connectivity index (χ2v) is 13.5. The normalized spacial score (nSPS) is 19.4. The molecule has 2 aromatic carbocycles. The zero-order chi connectivity index (χ0) is 32.3. The van der Waals surface area contributed by atoms with Crippen molar-refractivity contribution >= 4 is 69.1 Å². The fraction of sp³-hybridized carbons (Fsp3) is 0.118. The van der Waals surface area contributed by atoms with Crippen molar-refractivity contribution in [1.29, 1.82) is 0 Å². The van der Waals surface area contributed by atoms with Gasteiger partial charge in [-0.25, -0.2) is 27.5 Å². The number of nitrogens with zero attached hydrogens (tertiary/aromatic N) is 2. The van der Waals surface area contributed by atoms with E-state index < -0.39 is 46.4 Å². The monoisotopic (exact) mass is 656 g/mol. The summed E-state index contributed by atoms with van der Waals surface area (Å²) in [4.78, 5) is 63.0. The summed E-state index contributed by atoms with van der Waals surface area (Å²) in [5.74, 6) is -7.97. The highest BCUT2D eigenvalue weighted by atomic mass is 32.1. The number of benzene rings is 2. The van der Waals surface area contributed by atoms with Gasteiger partial charge in [0.2, 0.25) is 0 Å². The Bertz CT molecular complexity index is 2080. The number of halogens is 4. The molecule has 4 aliphatic carbocycles. The topological polar surface area (TPSA) is 94.1 Å². The van der Waals surface area contributed by atoms with Crippen molar-refractivity contribution < 1.29 is 36.7 Å². The molecule has 2 unspecified atom stereocenters. The maximum Gasteiger partial charge on any atom is 0.197 e. The first-order valence-corrected chi connectivity index (χ1v) is 15.5. The van der Waals surface area contributed by atoms with E-state index in [0.29, 0.717) is 21.4 Å². The lowest BCUT2D eigenvalue weighted by atomic mass is 9.77. The lowest BCUT2D eigenvalue weighted by Crippen LogP contribution is -2.16. The van der Waals surface area contributed by atoms with E-state index in [4.69, 9.17) is 9.97 Å². The summed E-state index contributed by atoms with van der Waals surface area (Å²) in [6.45, 7) is 3.78. The molecule has 6 nitrogen and oxygen atoms in total. The SMILES string of the molecule is CC1=CC2c3sc(C=C4C(=O)c5cc(F)c(F)cc5C4=O)nc3C(C)=CC2c2sc(C=C3C(=O)c4cc(F)c(F)cc4C3=O)nc21. The van der Waals surface area contributed by atoms with E-state index in [1.165, 1.54) is 34.8 Å². The quantitative estimate of drug-likeness (QED) is 0.124. The van der Waals surface area contributed by atoms with Gasteiger partial charge in [-0.2, -0.15) is 0 Å². The van der Waals surface area contributed by atoms with Crippen molar-refractivity contribution in [3.63, 3.8) is 0 Å². The molecule has 0 bridgehead atoms. The van der Waals surface area contributed by atoms with Crippen molar-refractivity contribution in [2.45, 2.75) is 25.7 Å². The van der Waals surface area contributed by atoms with Gasteiger partial charge in [0.25, 0.3) is 0 Å². The van der Waals surface area contributed by atoms with Crippen LogP contribution in [0.15, 0.2) is 47.6 Å². The van der Waals surface area contributed by atoms with E-state index in [1.54, 1.807) is 0 Å². The summed E-state index contributed by atoms with van der Waals surface area (Å²) >= 11 is 2.60. The number of fused-ring (bicyclic) bond motifs is 7. The second kappa shape index (κ2) is 9.78. The first-order chi connectivity index (χ1) is 21.9. The third kappa shape index (κ3) is 3.99. The maximum absolute atomic E-state index is 13.8. The number of carbonyl (C=O) groups excluding carboxylic acids is 4. The zero-order valence-corrected chi connectivity index (χ0v) is 25.3. The summed E-state index contributed by atoms with van der Waals surface area (Å²) in [5.41, 5.74) is 1.91. The van der Waals surface area contributed by atoms with Gasteiger partial charge in [-0.1, -0.05) is 12.2 Å². The Kier molecular flexibility index (Phi) is 6.06. The number of carbonyl (C=O) groups is 4. The van der Waals surface area contributed by atoms with E-state index in [1.807, 2.05) is 26.0 Å². The Morgan fingerprint density at radius 1 is 0.565 bits per heavy atom.